The Bertz CT molecular complexity index is 1280. The molecule has 6 rings (SSSR count). The normalized spacial score (nSPS) is 18.0. The van der Waals surface area contributed by atoms with Crippen LogP contribution in [-0.4, -0.2) is 75.5 Å². The lowest BCUT2D eigenvalue weighted by Crippen LogP contribution is -2.62. The Morgan fingerprint density at radius 2 is 1.90 bits per heavy atom. The molecule has 1 amide bonds. The van der Waals surface area contributed by atoms with Gasteiger partial charge in [-0.05, 0) is 35.4 Å². The topological polar surface area (TPSA) is 76.1 Å². The van der Waals surface area contributed by atoms with Gasteiger partial charge in [-0.25, -0.2) is 9.97 Å². The average Bonchev–Trinajstić information content (AvgIpc) is 3.34. The predicted molar refractivity (Wildman–Crippen MR) is 115 cm³/mol. The van der Waals surface area contributed by atoms with Gasteiger partial charge in [0.25, 0.3) is 5.91 Å². The second kappa shape index (κ2) is 7.18. The largest absolute Gasteiger partial charge is 0.441 e. The monoisotopic (exact) mass is 417 g/mol. The maximum atomic E-state index is 13.2. The van der Waals surface area contributed by atoms with E-state index in [1.165, 1.54) is 0 Å². The highest BCUT2D eigenvalue weighted by Gasteiger charge is 2.36. The minimum atomic E-state index is 0.0248. The van der Waals surface area contributed by atoms with Crippen molar-refractivity contribution in [1.29, 1.82) is 0 Å². The van der Waals surface area contributed by atoms with Gasteiger partial charge in [-0.15, -0.1) is 0 Å². The minimum Gasteiger partial charge on any atom is -0.441 e. The summed E-state index contributed by atoms with van der Waals surface area (Å²) in [5.74, 6) is 0.673. The van der Waals surface area contributed by atoms with Crippen LogP contribution >= 0.6 is 0 Å². The Morgan fingerprint density at radius 3 is 2.74 bits per heavy atom. The average molecular weight is 417 g/mol. The van der Waals surface area contributed by atoms with Crippen LogP contribution in [0.25, 0.3) is 27.9 Å². The highest BCUT2D eigenvalue weighted by atomic mass is 16.5. The molecule has 0 saturated carbocycles. The Balaban J connectivity index is 1.26. The number of hydrogen-bond donors (Lipinski definition) is 0. The van der Waals surface area contributed by atoms with Crippen LogP contribution in [0.4, 0.5) is 0 Å². The molecule has 0 radical (unpaired) electrons. The summed E-state index contributed by atoms with van der Waals surface area (Å²) < 4.78 is 12.9. The molecule has 4 aromatic rings. The zero-order valence-corrected chi connectivity index (χ0v) is 17.3. The summed E-state index contributed by atoms with van der Waals surface area (Å²) in [4.78, 5) is 26.3. The zero-order valence-electron chi connectivity index (χ0n) is 17.3. The van der Waals surface area contributed by atoms with Gasteiger partial charge in [-0.2, -0.15) is 0 Å². The number of ether oxygens (including phenoxy) is 1. The molecule has 8 nitrogen and oxygen atoms in total. The van der Waals surface area contributed by atoms with E-state index in [1.54, 1.807) is 6.20 Å². The number of nitrogens with zero attached hydrogens (tertiary/aromatic N) is 5. The number of likely N-dealkylation sites (tertiary alicyclic amines) is 1. The summed E-state index contributed by atoms with van der Waals surface area (Å²) >= 11 is 0. The third kappa shape index (κ3) is 3.19. The van der Waals surface area contributed by atoms with Crippen LogP contribution in [0.1, 0.15) is 16.4 Å². The molecule has 8 heteroatoms. The highest BCUT2D eigenvalue weighted by molar-refractivity contribution is 5.94. The number of carbonyl (C=O) groups is 1. The second-order valence-corrected chi connectivity index (χ2v) is 8.22. The number of aromatic nitrogens is 3. The first-order valence-corrected chi connectivity index (χ1v) is 10.6. The molecular formula is C23H23N5O3. The van der Waals surface area contributed by atoms with Crippen molar-refractivity contribution in [3.8, 4) is 11.1 Å². The van der Waals surface area contributed by atoms with Crippen LogP contribution < -0.4 is 0 Å². The van der Waals surface area contributed by atoms with Gasteiger partial charge < -0.3 is 14.1 Å². The van der Waals surface area contributed by atoms with Gasteiger partial charge in [-0.3, -0.25) is 14.1 Å². The third-order valence-corrected chi connectivity index (χ3v) is 6.26. The molecule has 5 heterocycles. The lowest BCUT2D eigenvalue weighted by Gasteiger charge is -2.46. The van der Waals surface area contributed by atoms with Crippen molar-refractivity contribution in [1.82, 2.24) is 24.2 Å². The summed E-state index contributed by atoms with van der Waals surface area (Å²) in [7, 11) is 0. The predicted octanol–water partition coefficient (Wildman–Crippen LogP) is 2.61. The molecule has 31 heavy (non-hydrogen) atoms. The molecule has 1 aromatic carbocycles. The van der Waals surface area contributed by atoms with Crippen molar-refractivity contribution < 1.29 is 13.9 Å². The fourth-order valence-electron chi connectivity index (χ4n) is 4.49. The van der Waals surface area contributed by atoms with E-state index in [1.807, 2.05) is 52.8 Å². The van der Waals surface area contributed by atoms with Crippen molar-refractivity contribution in [2.75, 3.05) is 39.4 Å². The summed E-state index contributed by atoms with van der Waals surface area (Å²) in [6.45, 7) is 6.80. The highest BCUT2D eigenvalue weighted by Crippen LogP contribution is 2.26. The Kier molecular flexibility index (Phi) is 4.29. The van der Waals surface area contributed by atoms with E-state index >= 15 is 0 Å². The molecule has 0 aliphatic carbocycles. The van der Waals surface area contributed by atoms with E-state index in [9.17, 15) is 4.79 Å². The molecule has 158 valence electrons. The number of amides is 1. The zero-order chi connectivity index (χ0) is 20.9. The van der Waals surface area contributed by atoms with Crippen molar-refractivity contribution >= 4 is 22.7 Å². The van der Waals surface area contributed by atoms with Crippen LogP contribution in [-0.2, 0) is 4.74 Å². The first kappa shape index (κ1) is 18.5. The number of fused-ring (bicyclic) bond motifs is 2. The van der Waals surface area contributed by atoms with E-state index < -0.39 is 0 Å². The smallest absolute Gasteiger partial charge is 0.272 e. The van der Waals surface area contributed by atoms with Crippen LogP contribution in [0.15, 0.2) is 47.1 Å². The number of benzene rings is 1. The van der Waals surface area contributed by atoms with Gasteiger partial charge >= 0.3 is 0 Å². The van der Waals surface area contributed by atoms with Gasteiger partial charge in [0.2, 0.25) is 0 Å². The Hall–Kier alpha value is -3.23. The summed E-state index contributed by atoms with van der Waals surface area (Å²) in [5, 5.41) is 0. The Labute approximate surface area is 179 Å². The number of hydrogen-bond acceptors (Lipinski definition) is 6. The van der Waals surface area contributed by atoms with Gasteiger partial charge in [-0.1, -0.05) is 6.07 Å². The molecule has 2 saturated heterocycles. The van der Waals surface area contributed by atoms with Crippen LogP contribution in [0.3, 0.4) is 0 Å². The minimum absolute atomic E-state index is 0.0248. The maximum Gasteiger partial charge on any atom is 0.272 e. The molecule has 3 aromatic heterocycles. The van der Waals surface area contributed by atoms with Gasteiger partial charge in [0, 0.05) is 45.3 Å². The van der Waals surface area contributed by atoms with Crippen LogP contribution in [0, 0.1) is 6.92 Å². The van der Waals surface area contributed by atoms with Gasteiger partial charge in [0.1, 0.15) is 16.9 Å². The van der Waals surface area contributed by atoms with Crippen LogP contribution in [0.5, 0.6) is 0 Å². The van der Waals surface area contributed by atoms with Crippen molar-refractivity contribution in [2.45, 2.75) is 13.0 Å². The quantitative estimate of drug-likeness (QED) is 0.510. The summed E-state index contributed by atoms with van der Waals surface area (Å²) in [6, 6.07) is 10.3. The van der Waals surface area contributed by atoms with Crippen molar-refractivity contribution in [3.05, 3.63) is 54.3 Å². The number of oxazole rings is 1. The van der Waals surface area contributed by atoms with E-state index in [2.05, 4.69) is 14.9 Å². The molecule has 0 N–H and O–H groups in total. The van der Waals surface area contributed by atoms with E-state index in [0.717, 1.165) is 67.3 Å². The number of pyridine rings is 1. The molecular weight excluding hydrogens is 394 g/mol. The molecule has 0 unspecified atom stereocenters. The maximum absolute atomic E-state index is 13.2. The number of carbonyl (C=O) groups excluding carboxylic acids is 1. The van der Waals surface area contributed by atoms with E-state index in [0.29, 0.717) is 17.6 Å². The number of rotatable bonds is 3. The molecule has 0 bridgehead atoms. The van der Waals surface area contributed by atoms with E-state index in [4.69, 9.17) is 9.15 Å². The SMILES string of the molecule is Cc1nc2cc(-c3ccc4ncc(C(=O)N5CC(N6CCOCC6)C5)n4c3)ccc2o1. The number of morpholine rings is 1. The molecule has 2 aliphatic rings. The van der Waals surface area contributed by atoms with Crippen molar-refractivity contribution in [2.24, 2.45) is 0 Å². The lowest BCUT2D eigenvalue weighted by atomic mass is 10.1. The van der Waals surface area contributed by atoms with Crippen LogP contribution in [0.2, 0.25) is 0 Å². The standard InChI is InChI=1S/C23H23N5O3/c1-15-25-19-10-16(2-4-21(19)31-15)17-3-5-22-24-11-20(28(22)12-17)23(29)27-13-18(14-27)26-6-8-30-9-7-26/h2-5,10-12,18H,6-9,13-14H2,1H3. The fourth-order valence-corrected chi connectivity index (χ4v) is 4.49. The molecule has 0 atom stereocenters. The Morgan fingerprint density at radius 1 is 1.10 bits per heavy atom. The van der Waals surface area contributed by atoms with Gasteiger partial charge in [0.05, 0.1) is 19.4 Å². The summed E-state index contributed by atoms with van der Waals surface area (Å²) in [5.41, 5.74) is 4.97. The molecule has 2 fully saturated rings. The van der Waals surface area contributed by atoms with Gasteiger partial charge in [0.15, 0.2) is 11.5 Å². The first-order valence-electron chi connectivity index (χ1n) is 10.6. The summed E-state index contributed by atoms with van der Waals surface area (Å²) in [6.07, 6.45) is 3.65. The fraction of sp³-hybridized carbons (Fsp3) is 0.348. The number of aryl methyl sites for hydroxylation is 1. The third-order valence-electron chi connectivity index (χ3n) is 6.26. The van der Waals surface area contributed by atoms with Crippen molar-refractivity contribution in [3.63, 3.8) is 0 Å². The first-order chi connectivity index (χ1) is 15.2. The lowest BCUT2D eigenvalue weighted by molar-refractivity contribution is -0.0258. The molecule has 0 spiro atoms. The second-order valence-electron chi connectivity index (χ2n) is 8.22. The number of imidazole rings is 1. The molecule has 2 aliphatic heterocycles. The van der Waals surface area contributed by atoms with E-state index in [-0.39, 0.29) is 5.91 Å².